The van der Waals surface area contributed by atoms with Gasteiger partial charge in [0.1, 0.15) is 12.6 Å². The Morgan fingerprint density at radius 1 is 0.900 bits per heavy atom. The molecule has 2 amide bonds. The molecule has 0 aromatic heterocycles. The summed E-state index contributed by atoms with van der Waals surface area (Å²) in [7, 11) is -4.18. The Labute approximate surface area is 251 Å². The molecular formula is C29H32Cl3N3O4S. The van der Waals surface area contributed by atoms with Gasteiger partial charge in [0.25, 0.3) is 10.0 Å². The number of rotatable bonds is 12. The number of aryl methyl sites for hydroxylation is 1. The molecule has 0 heterocycles. The number of carbonyl (C=O) groups excluding carboxylic acids is 2. The number of anilines is 1. The molecule has 0 aliphatic carbocycles. The molecule has 11 heteroatoms. The van der Waals surface area contributed by atoms with Crippen LogP contribution in [-0.4, -0.2) is 44.3 Å². The highest BCUT2D eigenvalue weighted by Gasteiger charge is 2.34. The zero-order valence-corrected chi connectivity index (χ0v) is 25.6. The van der Waals surface area contributed by atoms with E-state index < -0.39 is 28.5 Å². The van der Waals surface area contributed by atoms with Gasteiger partial charge in [0.05, 0.1) is 10.6 Å². The number of carbonyl (C=O) groups is 2. The van der Waals surface area contributed by atoms with Crippen LogP contribution in [0.4, 0.5) is 5.69 Å². The summed E-state index contributed by atoms with van der Waals surface area (Å²) in [6.07, 6.45) is 1.03. The van der Waals surface area contributed by atoms with Gasteiger partial charge in [-0.25, -0.2) is 8.42 Å². The molecule has 7 nitrogen and oxygen atoms in total. The molecule has 3 aromatic rings. The highest BCUT2D eigenvalue weighted by molar-refractivity contribution is 7.92. The number of halogens is 3. The summed E-state index contributed by atoms with van der Waals surface area (Å²) < 4.78 is 28.7. The van der Waals surface area contributed by atoms with Crippen molar-refractivity contribution in [3.63, 3.8) is 0 Å². The maximum atomic E-state index is 14.0. The maximum Gasteiger partial charge on any atom is 0.264 e. The van der Waals surface area contributed by atoms with E-state index >= 15 is 0 Å². The first-order valence-corrected chi connectivity index (χ1v) is 15.4. The lowest BCUT2D eigenvalue weighted by Crippen LogP contribution is -2.52. The topological polar surface area (TPSA) is 86.8 Å². The van der Waals surface area contributed by atoms with Crippen LogP contribution in [0.2, 0.25) is 15.1 Å². The third kappa shape index (κ3) is 7.91. The van der Waals surface area contributed by atoms with Gasteiger partial charge in [-0.1, -0.05) is 72.4 Å². The first-order valence-electron chi connectivity index (χ1n) is 12.8. The summed E-state index contributed by atoms with van der Waals surface area (Å²) in [5, 5.41) is 3.99. The second kappa shape index (κ2) is 14.2. The van der Waals surface area contributed by atoms with Crippen molar-refractivity contribution in [1.82, 2.24) is 10.2 Å². The number of hydrogen-bond donors (Lipinski definition) is 1. The van der Waals surface area contributed by atoms with E-state index in [0.717, 1.165) is 16.3 Å². The van der Waals surface area contributed by atoms with Gasteiger partial charge in [0.2, 0.25) is 11.8 Å². The average Bonchev–Trinajstić information content (AvgIpc) is 2.92. The quantitative estimate of drug-likeness (QED) is 0.250. The van der Waals surface area contributed by atoms with Crippen LogP contribution in [0, 0.1) is 6.92 Å². The van der Waals surface area contributed by atoms with E-state index in [1.165, 1.54) is 29.2 Å². The van der Waals surface area contributed by atoms with Crippen molar-refractivity contribution in [2.75, 3.05) is 17.4 Å². The summed E-state index contributed by atoms with van der Waals surface area (Å²) in [6, 6.07) is 16.6. The van der Waals surface area contributed by atoms with E-state index in [0.29, 0.717) is 39.3 Å². The normalized spacial score (nSPS) is 12.1. The summed E-state index contributed by atoms with van der Waals surface area (Å²) in [6.45, 7) is 5.48. The van der Waals surface area contributed by atoms with Crippen molar-refractivity contribution in [3.8, 4) is 0 Å². The van der Waals surface area contributed by atoms with E-state index in [1.54, 1.807) is 49.4 Å². The Bertz CT molecular complexity index is 1430. The molecule has 3 aromatic carbocycles. The molecule has 0 fully saturated rings. The molecular weight excluding hydrogens is 593 g/mol. The molecule has 0 aliphatic heterocycles. The molecule has 0 saturated heterocycles. The molecule has 214 valence electrons. The van der Waals surface area contributed by atoms with Crippen molar-refractivity contribution in [3.05, 3.63) is 92.9 Å². The van der Waals surface area contributed by atoms with Gasteiger partial charge in [-0.3, -0.25) is 13.9 Å². The van der Waals surface area contributed by atoms with Gasteiger partial charge in [-0.2, -0.15) is 0 Å². The van der Waals surface area contributed by atoms with E-state index in [-0.39, 0.29) is 17.3 Å². The largest absolute Gasteiger partial charge is 0.354 e. The van der Waals surface area contributed by atoms with Crippen molar-refractivity contribution in [1.29, 1.82) is 0 Å². The first-order chi connectivity index (χ1) is 19.0. The minimum atomic E-state index is -4.18. The zero-order valence-electron chi connectivity index (χ0n) is 22.5. The van der Waals surface area contributed by atoms with Crippen LogP contribution in [0.3, 0.4) is 0 Å². The molecule has 0 radical (unpaired) electrons. The Morgan fingerprint density at radius 2 is 1.52 bits per heavy atom. The van der Waals surface area contributed by atoms with Crippen LogP contribution in [-0.2, 0) is 26.2 Å². The fraction of sp³-hybridized carbons (Fsp3) is 0.310. The first kappa shape index (κ1) is 31.7. The van der Waals surface area contributed by atoms with E-state index in [1.807, 2.05) is 13.8 Å². The summed E-state index contributed by atoms with van der Waals surface area (Å²) in [5.41, 5.74) is 1.81. The van der Waals surface area contributed by atoms with E-state index in [2.05, 4.69) is 5.32 Å². The highest BCUT2D eigenvalue weighted by atomic mass is 35.5. The Morgan fingerprint density at radius 3 is 2.10 bits per heavy atom. The maximum absolute atomic E-state index is 14.0. The Hall–Kier alpha value is -2.78. The van der Waals surface area contributed by atoms with Crippen LogP contribution >= 0.6 is 34.8 Å². The number of benzene rings is 3. The van der Waals surface area contributed by atoms with Crippen LogP contribution in [0.1, 0.15) is 37.8 Å². The van der Waals surface area contributed by atoms with Crippen molar-refractivity contribution in [2.24, 2.45) is 0 Å². The number of amides is 2. The monoisotopic (exact) mass is 623 g/mol. The third-order valence-electron chi connectivity index (χ3n) is 6.29. The fourth-order valence-corrected chi connectivity index (χ4v) is 6.10. The predicted octanol–water partition coefficient (Wildman–Crippen LogP) is 6.48. The van der Waals surface area contributed by atoms with Crippen LogP contribution in [0.25, 0.3) is 0 Å². The van der Waals surface area contributed by atoms with Gasteiger partial charge >= 0.3 is 0 Å². The molecule has 0 bridgehead atoms. The number of nitrogens with one attached hydrogen (secondary N) is 1. The summed E-state index contributed by atoms with van der Waals surface area (Å²) in [5.74, 6) is -0.896. The molecule has 0 spiro atoms. The van der Waals surface area contributed by atoms with Gasteiger partial charge in [0.15, 0.2) is 0 Å². The number of nitrogens with zero attached hydrogens (tertiary/aromatic N) is 2. The standard InChI is InChI=1S/C29H32Cl3N3O4S/c1-4-16-33-29(37)27(5-2)34(18-21-8-9-23(31)17-26(21)32)28(36)19-35(24-12-6-20(3)7-13-24)40(38,39)25-14-10-22(30)11-15-25/h6-15,17,27H,4-5,16,18-19H2,1-3H3,(H,33,37). The minimum absolute atomic E-state index is 0.0182. The lowest BCUT2D eigenvalue weighted by atomic mass is 10.1. The molecule has 0 aliphatic rings. The van der Waals surface area contributed by atoms with Crippen molar-refractivity contribution >= 4 is 62.3 Å². The lowest BCUT2D eigenvalue weighted by molar-refractivity contribution is -0.140. The summed E-state index contributed by atoms with van der Waals surface area (Å²) >= 11 is 18.5. The summed E-state index contributed by atoms with van der Waals surface area (Å²) in [4.78, 5) is 28.5. The van der Waals surface area contributed by atoms with E-state index in [9.17, 15) is 18.0 Å². The van der Waals surface area contributed by atoms with E-state index in [4.69, 9.17) is 34.8 Å². The van der Waals surface area contributed by atoms with Gasteiger partial charge < -0.3 is 10.2 Å². The van der Waals surface area contributed by atoms with Gasteiger partial charge in [-0.05, 0) is 73.9 Å². The SMILES string of the molecule is CCCNC(=O)C(CC)N(Cc1ccc(Cl)cc1Cl)C(=O)CN(c1ccc(C)cc1)S(=O)(=O)c1ccc(Cl)cc1. The zero-order chi connectivity index (χ0) is 29.4. The van der Waals surface area contributed by atoms with Crippen LogP contribution in [0.15, 0.2) is 71.6 Å². The Kier molecular flexibility index (Phi) is 11.3. The lowest BCUT2D eigenvalue weighted by Gasteiger charge is -2.33. The van der Waals surface area contributed by atoms with Crippen molar-refractivity contribution < 1.29 is 18.0 Å². The number of sulfonamides is 1. The second-order valence-corrected chi connectivity index (χ2v) is 12.4. The third-order valence-corrected chi connectivity index (χ3v) is 8.92. The highest BCUT2D eigenvalue weighted by Crippen LogP contribution is 2.27. The van der Waals surface area contributed by atoms with Gasteiger partial charge in [-0.15, -0.1) is 0 Å². The second-order valence-electron chi connectivity index (χ2n) is 9.27. The van der Waals surface area contributed by atoms with Crippen LogP contribution in [0.5, 0.6) is 0 Å². The van der Waals surface area contributed by atoms with Gasteiger partial charge in [0, 0.05) is 28.2 Å². The fourth-order valence-electron chi connectivity index (χ4n) is 4.09. The minimum Gasteiger partial charge on any atom is -0.354 e. The number of hydrogen-bond acceptors (Lipinski definition) is 4. The predicted molar refractivity (Wildman–Crippen MR) is 162 cm³/mol. The smallest absolute Gasteiger partial charge is 0.264 e. The van der Waals surface area contributed by atoms with Crippen LogP contribution < -0.4 is 9.62 Å². The average molecular weight is 625 g/mol. The van der Waals surface area contributed by atoms with Crippen molar-refractivity contribution in [2.45, 2.75) is 51.1 Å². The molecule has 40 heavy (non-hydrogen) atoms. The Balaban J connectivity index is 2.06. The molecule has 0 saturated carbocycles. The molecule has 1 unspecified atom stereocenters. The molecule has 1 N–H and O–H groups in total. The molecule has 3 rings (SSSR count). The molecule has 1 atom stereocenters.